The smallest absolute Gasteiger partial charge is 0.0570 e. The van der Waals surface area contributed by atoms with Crippen LogP contribution in [0.25, 0.3) is 67.0 Å². The van der Waals surface area contributed by atoms with Gasteiger partial charge < -0.3 is 15.2 Å². The third-order valence-corrected chi connectivity index (χ3v) is 10.2. The van der Waals surface area contributed by atoms with Crippen LogP contribution < -0.4 is 10.6 Å². The summed E-state index contributed by atoms with van der Waals surface area (Å²) in [6, 6.07) is 64.3. The zero-order valence-electron chi connectivity index (χ0n) is 31.0. The zero-order chi connectivity index (χ0) is 37.7. The lowest BCUT2D eigenvalue weighted by Gasteiger charge is -2.18. The van der Waals surface area contributed by atoms with E-state index in [2.05, 4.69) is 178 Å². The molecule has 0 aliphatic rings. The third kappa shape index (κ3) is 7.22. The van der Waals surface area contributed by atoms with E-state index >= 15 is 0 Å². The maximum atomic E-state index is 4.38. The van der Waals surface area contributed by atoms with Gasteiger partial charge in [-0.15, -0.1) is 0 Å². The molecule has 0 spiro atoms. The Morgan fingerprint density at radius 2 is 0.714 bits per heavy atom. The predicted molar refractivity (Wildman–Crippen MR) is 233 cm³/mol. The summed E-state index contributed by atoms with van der Waals surface area (Å²) in [5, 5.41) is 7.37. The Morgan fingerprint density at radius 1 is 0.357 bits per heavy atom. The highest BCUT2D eigenvalue weighted by molar-refractivity contribution is 5.89. The summed E-state index contributed by atoms with van der Waals surface area (Å²) in [5.74, 6) is 0. The van der Waals surface area contributed by atoms with Gasteiger partial charge in [-0.1, -0.05) is 133 Å². The molecule has 3 aromatic heterocycles. The molecule has 2 N–H and O–H groups in total. The summed E-state index contributed by atoms with van der Waals surface area (Å²) in [6.07, 6.45) is 7.30. The first-order chi connectivity index (χ1) is 27.7. The number of nitrogens with zero attached hydrogens (tertiary/aromatic N) is 3. The van der Waals surface area contributed by atoms with E-state index in [4.69, 9.17) is 0 Å². The first-order valence-corrected chi connectivity index (χ1v) is 18.8. The Morgan fingerprint density at radius 3 is 1.09 bits per heavy atom. The van der Waals surface area contributed by atoms with Crippen molar-refractivity contribution in [3.63, 3.8) is 0 Å². The summed E-state index contributed by atoms with van der Waals surface area (Å²) in [6.45, 7) is 0. The van der Waals surface area contributed by atoms with E-state index in [0.717, 1.165) is 67.5 Å². The molecule has 0 aliphatic carbocycles. The molecule has 5 heteroatoms. The Kier molecular flexibility index (Phi) is 9.47. The van der Waals surface area contributed by atoms with Crippen LogP contribution in [0, 0.1) is 0 Å². The van der Waals surface area contributed by atoms with Crippen LogP contribution >= 0.6 is 0 Å². The quantitative estimate of drug-likeness (QED) is 0.148. The molecule has 0 atom stereocenters. The van der Waals surface area contributed by atoms with E-state index in [1.165, 1.54) is 22.3 Å². The first-order valence-electron chi connectivity index (χ1n) is 18.8. The fraction of sp³-hybridized carbons (Fsp3) is 0.0196. The van der Waals surface area contributed by atoms with Gasteiger partial charge in [0, 0.05) is 41.9 Å². The van der Waals surface area contributed by atoms with Crippen molar-refractivity contribution in [1.82, 2.24) is 14.5 Å². The number of hydrogen-bond acceptors (Lipinski definition) is 4. The molecule has 0 aliphatic heterocycles. The molecule has 6 aromatic carbocycles. The van der Waals surface area contributed by atoms with Crippen LogP contribution in [0.4, 0.5) is 22.7 Å². The van der Waals surface area contributed by atoms with Gasteiger partial charge in [-0.05, 0) is 93.0 Å². The lowest BCUT2D eigenvalue weighted by molar-refractivity contribution is 0.946. The molecule has 0 unspecified atom stereocenters. The van der Waals surface area contributed by atoms with Gasteiger partial charge in [0.15, 0.2) is 0 Å². The largest absolute Gasteiger partial charge is 0.354 e. The van der Waals surface area contributed by atoms with Gasteiger partial charge >= 0.3 is 0 Å². The van der Waals surface area contributed by atoms with Crippen molar-refractivity contribution in [1.29, 1.82) is 0 Å². The second kappa shape index (κ2) is 15.5. The summed E-state index contributed by atoms with van der Waals surface area (Å²) < 4.78 is 2.27. The molecular formula is C51H39N5. The minimum absolute atomic E-state index is 0.926. The lowest BCUT2D eigenvalue weighted by Crippen LogP contribution is -2.01. The summed E-state index contributed by atoms with van der Waals surface area (Å²) in [7, 11) is 2.14. The summed E-state index contributed by atoms with van der Waals surface area (Å²) in [4.78, 5) is 8.75. The molecule has 0 amide bonds. The Balaban J connectivity index is 1.09. The number of pyridine rings is 2. The minimum atomic E-state index is 0.926. The normalized spacial score (nSPS) is 10.9. The molecule has 0 fully saturated rings. The number of rotatable bonds is 10. The molecule has 9 rings (SSSR count). The molecule has 56 heavy (non-hydrogen) atoms. The van der Waals surface area contributed by atoms with Crippen LogP contribution in [0.15, 0.2) is 207 Å². The predicted octanol–water partition coefficient (Wildman–Crippen LogP) is 13.3. The molecule has 5 nitrogen and oxygen atoms in total. The number of anilines is 4. The van der Waals surface area contributed by atoms with Gasteiger partial charge in [-0.3, -0.25) is 9.97 Å². The molecule has 0 saturated carbocycles. The number of nitrogens with one attached hydrogen (secondary N) is 2. The van der Waals surface area contributed by atoms with Gasteiger partial charge in [-0.25, -0.2) is 0 Å². The molecule has 3 heterocycles. The Bertz CT molecular complexity index is 2520. The van der Waals surface area contributed by atoms with Crippen molar-refractivity contribution in [3.05, 3.63) is 207 Å². The minimum Gasteiger partial charge on any atom is -0.354 e. The van der Waals surface area contributed by atoms with E-state index in [0.29, 0.717) is 0 Å². The van der Waals surface area contributed by atoms with Crippen molar-refractivity contribution >= 4 is 22.7 Å². The van der Waals surface area contributed by atoms with Gasteiger partial charge in [0.25, 0.3) is 0 Å². The Labute approximate surface area is 327 Å². The molecule has 0 radical (unpaired) electrons. The number of aromatic nitrogens is 3. The van der Waals surface area contributed by atoms with E-state index in [1.54, 1.807) is 12.4 Å². The summed E-state index contributed by atoms with van der Waals surface area (Å²) in [5.41, 5.74) is 17.6. The van der Waals surface area contributed by atoms with Gasteiger partial charge in [0.1, 0.15) is 0 Å². The highest BCUT2D eigenvalue weighted by atomic mass is 15.0. The highest BCUT2D eigenvalue weighted by Crippen LogP contribution is 2.40. The van der Waals surface area contributed by atoms with Crippen LogP contribution in [-0.2, 0) is 7.05 Å². The standard InChI is InChI=1S/C51H39N5/c1-56-50(46-26-24-42(32-48(46)54-44-14-8-30-52-34-44)40-20-16-38(17-21-40)36-10-4-2-5-11-36)28-29-51(56)47-27-25-43(33-49(47)55-45-15-9-31-53-35-45)41-22-18-39(19-23-41)37-12-6-3-7-13-37/h2-35,54-55H,1H3. The Hall–Kier alpha value is -7.50. The van der Waals surface area contributed by atoms with Gasteiger partial charge in [0.05, 0.1) is 35.2 Å². The zero-order valence-corrected chi connectivity index (χ0v) is 31.0. The van der Waals surface area contributed by atoms with Crippen molar-refractivity contribution in [2.75, 3.05) is 10.6 Å². The fourth-order valence-corrected chi connectivity index (χ4v) is 7.31. The second-order valence-electron chi connectivity index (χ2n) is 13.8. The average molecular weight is 722 g/mol. The van der Waals surface area contributed by atoms with Crippen LogP contribution in [0.1, 0.15) is 0 Å². The molecule has 0 saturated heterocycles. The number of hydrogen-bond donors (Lipinski definition) is 2. The second-order valence-corrected chi connectivity index (χ2v) is 13.8. The van der Waals surface area contributed by atoms with Crippen LogP contribution in [0.2, 0.25) is 0 Å². The van der Waals surface area contributed by atoms with Crippen molar-refractivity contribution in [3.8, 4) is 67.0 Å². The first kappa shape index (κ1) is 34.3. The third-order valence-electron chi connectivity index (χ3n) is 10.2. The van der Waals surface area contributed by atoms with E-state index in [-0.39, 0.29) is 0 Å². The maximum Gasteiger partial charge on any atom is 0.0570 e. The fourth-order valence-electron chi connectivity index (χ4n) is 7.31. The SMILES string of the molecule is Cn1c(-c2ccc(-c3ccc(-c4ccccc4)cc3)cc2Nc2cccnc2)ccc1-c1ccc(-c2ccc(-c3ccccc3)cc2)cc1Nc1cccnc1. The van der Waals surface area contributed by atoms with Crippen molar-refractivity contribution < 1.29 is 0 Å². The summed E-state index contributed by atoms with van der Waals surface area (Å²) >= 11 is 0. The van der Waals surface area contributed by atoms with E-state index in [9.17, 15) is 0 Å². The van der Waals surface area contributed by atoms with Crippen molar-refractivity contribution in [2.45, 2.75) is 0 Å². The maximum absolute atomic E-state index is 4.38. The van der Waals surface area contributed by atoms with Crippen LogP contribution in [0.3, 0.4) is 0 Å². The molecular weight excluding hydrogens is 683 g/mol. The molecule has 0 bridgehead atoms. The van der Waals surface area contributed by atoms with Crippen LogP contribution in [-0.4, -0.2) is 14.5 Å². The van der Waals surface area contributed by atoms with Crippen LogP contribution in [0.5, 0.6) is 0 Å². The van der Waals surface area contributed by atoms with Crippen molar-refractivity contribution in [2.24, 2.45) is 7.05 Å². The van der Waals surface area contributed by atoms with E-state index < -0.39 is 0 Å². The lowest BCUT2D eigenvalue weighted by atomic mass is 9.98. The average Bonchev–Trinajstić information content (AvgIpc) is 3.65. The van der Waals surface area contributed by atoms with E-state index in [1.807, 2.05) is 48.8 Å². The topological polar surface area (TPSA) is 54.8 Å². The van der Waals surface area contributed by atoms with Gasteiger partial charge in [0.2, 0.25) is 0 Å². The highest BCUT2D eigenvalue weighted by Gasteiger charge is 2.17. The number of benzene rings is 6. The van der Waals surface area contributed by atoms with Gasteiger partial charge in [-0.2, -0.15) is 0 Å². The monoisotopic (exact) mass is 721 g/mol. The molecule has 9 aromatic rings. The molecule has 268 valence electrons.